The predicted octanol–water partition coefficient (Wildman–Crippen LogP) is 4.40. The van der Waals surface area contributed by atoms with Gasteiger partial charge >= 0.3 is 0 Å². The van der Waals surface area contributed by atoms with Gasteiger partial charge in [-0.15, -0.1) is 0 Å². The van der Waals surface area contributed by atoms with Crippen molar-refractivity contribution in [3.63, 3.8) is 0 Å². The zero-order valence-electron chi connectivity index (χ0n) is 15.0. The molecule has 138 valence electrons. The lowest BCUT2D eigenvalue weighted by molar-refractivity contribution is -0.384. The Bertz CT molecular complexity index is 1130. The van der Waals surface area contributed by atoms with E-state index in [0.29, 0.717) is 16.9 Å². The number of nitro groups is 1. The molecule has 0 spiro atoms. The second-order valence-corrected chi connectivity index (χ2v) is 6.62. The predicted molar refractivity (Wildman–Crippen MR) is 106 cm³/mol. The Balaban J connectivity index is 1.99. The van der Waals surface area contributed by atoms with Gasteiger partial charge in [0.15, 0.2) is 0 Å². The van der Waals surface area contributed by atoms with Crippen LogP contribution in [0.5, 0.6) is 0 Å². The first-order valence-corrected chi connectivity index (χ1v) is 8.53. The Morgan fingerprint density at radius 2 is 1.89 bits per heavy atom. The van der Waals surface area contributed by atoms with E-state index in [1.165, 1.54) is 23.0 Å². The zero-order valence-corrected chi connectivity index (χ0v) is 15.7. The fraction of sp³-hybridized carbons (Fsp3) is 0.158. The molecule has 0 unspecified atom stereocenters. The van der Waals surface area contributed by atoms with Gasteiger partial charge in [-0.25, -0.2) is 4.68 Å². The van der Waals surface area contributed by atoms with Crippen molar-refractivity contribution in [1.29, 1.82) is 0 Å². The third-order valence-corrected chi connectivity index (χ3v) is 4.65. The molecule has 0 saturated carbocycles. The van der Waals surface area contributed by atoms with Gasteiger partial charge in [-0.2, -0.15) is 0 Å². The topological polar surface area (TPSA) is 93.3 Å². The number of nitrogens with one attached hydrogen (secondary N) is 1. The maximum atomic E-state index is 12.7. The molecule has 0 radical (unpaired) electrons. The number of hydrogen-bond acceptors (Lipinski definition) is 4. The van der Waals surface area contributed by atoms with Gasteiger partial charge in [0.2, 0.25) is 0 Å². The fourth-order valence-electron chi connectivity index (χ4n) is 2.62. The molecule has 0 fully saturated rings. The van der Waals surface area contributed by atoms with E-state index in [1.54, 1.807) is 13.0 Å². The molecular formula is C19H17ClN4O3. The number of aromatic amines is 1. The van der Waals surface area contributed by atoms with Gasteiger partial charge in [-0.3, -0.25) is 25.0 Å². The molecular weight excluding hydrogens is 368 g/mol. The maximum Gasteiger partial charge on any atom is 0.290 e. The van der Waals surface area contributed by atoms with Gasteiger partial charge in [0.25, 0.3) is 11.2 Å². The Kier molecular flexibility index (Phi) is 4.96. The normalized spacial score (nSPS) is 11.3. The summed E-state index contributed by atoms with van der Waals surface area (Å²) in [5, 5.41) is 14.0. The van der Waals surface area contributed by atoms with Crippen LogP contribution in [0.3, 0.4) is 0 Å². The van der Waals surface area contributed by atoms with Crippen LogP contribution in [0.1, 0.15) is 22.4 Å². The van der Waals surface area contributed by atoms with Gasteiger partial charge < -0.3 is 0 Å². The van der Waals surface area contributed by atoms with E-state index in [4.69, 9.17) is 11.6 Å². The molecule has 2 aromatic carbocycles. The van der Waals surface area contributed by atoms with Crippen molar-refractivity contribution in [3.8, 4) is 5.69 Å². The van der Waals surface area contributed by atoms with E-state index in [0.717, 1.165) is 16.8 Å². The first-order chi connectivity index (χ1) is 12.8. The highest BCUT2D eigenvalue weighted by Crippen LogP contribution is 2.28. The smallest absolute Gasteiger partial charge is 0.290 e. The van der Waals surface area contributed by atoms with Crippen LogP contribution in [0.2, 0.25) is 5.02 Å². The lowest BCUT2D eigenvalue weighted by atomic mass is 10.1. The number of aliphatic imine (C=N–C) groups is 1. The molecule has 27 heavy (non-hydrogen) atoms. The SMILES string of the molecule is Cc1ccc(-n2[nH]c(C)c(C=Nc3ccc(Cl)c([N+](=O)[O-])c3)c2=O)cc1C. The van der Waals surface area contributed by atoms with Crippen LogP contribution in [0, 0.1) is 30.9 Å². The highest BCUT2D eigenvalue weighted by atomic mass is 35.5. The van der Waals surface area contributed by atoms with Gasteiger partial charge in [-0.05, 0) is 56.2 Å². The molecule has 8 heteroatoms. The monoisotopic (exact) mass is 384 g/mol. The summed E-state index contributed by atoms with van der Waals surface area (Å²) in [7, 11) is 0. The van der Waals surface area contributed by atoms with Gasteiger partial charge in [0, 0.05) is 18.0 Å². The summed E-state index contributed by atoms with van der Waals surface area (Å²) in [6.45, 7) is 5.76. The number of halogens is 1. The minimum Gasteiger partial charge on any atom is -0.295 e. The molecule has 1 N–H and O–H groups in total. The lowest BCUT2D eigenvalue weighted by Crippen LogP contribution is -2.17. The fourth-order valence-corrected chi connectivity index (χ4v) is 2.80. The average molecular weight is 385 g/mol. The third kappa shape index (κ3) is 3.68. The van der Waals surface area contributed by atoms with Gasteiger partial charge in [0.05, 0.1) is 21.9 Å². The second kappa shape index (κ2) is 7.20. The summed E-state index contributed by atoms with van der Waals surface area (Å²) >= 11 is 5.80. The van der Waals surface area contributed by atoms with Crippen LogP contribution in [0.4, 0.5) is 11.4 Å². The van der Waals surface area contributed by atoms with Gasteiger partial charge in [-0.1, -0.05) is 17.7 Å². The summed E-state index contributed by atoms with van der Waals surface area (Å²) in [5.74, 6) is 0. The summed E-state index contributed by atoms with van der Waals surface area (Å²) in [5.41, 5.74) is 3.83. The summed E-state index contributed by atoms with van der Waals surface area (Å²) in [6.07, 6.45) is 1.40. The van der Waals surface area contributed by atoms with E-state index < -0.39 is 4.92 Å². The first-order valence-electron chi connectivity index (χ1n) is 8.15. The van der Waals surface area contributed by atoms with E-state index in [1.807, 2.05) is 32.0 Å². The van der Waals surface area contributed by atoms with E-state index in [9.17, 15) is 14.9 Å². The summed E-state index contributed by atoms with van der Waals surface area (Å²) in [4.78, 5) is 27.4. The van der Waals surface area contributed by atoms with Crippen LogP contribution in [-0.4, -0.2) is 20.9 Å². The second-order valence-electron chi connectivity index (χ2n) is 6.21. The molecule has 0 aliphatic heterocycles. The Morgan fingerprint density at radius 1 is 1.15 bits per heavy atom. The first kappa shape index (κ1) is 18.6. The quantitative estimate of drug-likeness (QED) is 0.410. The zero-order chi connectivity index (χ0) is 19.7. The Hall–Kier alpha value is -3.19. The molecule has 0 atom stereocenters. The number of nitrogens with zero attached hydrogens (tertiary/aromatic N) is 3. The lowest BCUT2D eigenvalue weighted by Gasteiger charge is -2.05. The van der Waals surface area contributed by atoms with Crippen molar-refractivity contribution >= 4 is 29.2 Å². The minimum atomic E-state index is -0.574. The average Bonchev–Trinajstić information content (AvgIpc) is 2.90. The van der Waals surface area contributed by atoms with Crippen LogP contribution in [-0.2, 0) is 0 Å². The maximum absolute atomic E-state index is 12.7. The molecule has 1 aromatic heterocycles. The Labute approximate surface area is 160 Å². The standard InChI is InChI=1S/C19H17ClN4O3/c1-11-4-6-15(8-12(11)2)23-19(25)16(13(3)22-23)10-21-14-5-7-17(20)18(9-14)24(26)27/h4-10,22H,1-3H3. The molecule has 0 amide bonds. The molecule has 0 bridgehead atoms. The van der Waals surface area contributed by atoms with Crippen molar-refractivity contribution in [2.24, 2.45) is 4.99 Å². The van der Waals surface area contributed by atoms with E-state index in [-0.39, 0.29) is 16.3 Å². The highest BCUT2D eigenvalue weighted by molar-refractivity contribution is 6.32. The van der Waals surface area contributed by atoms with E-state index in [2.05, 4.69) is 10.1 Å². The van der Waals surface area contributed by atoms with Crippen molar-refractivity contribution in [2.45, 2.75) is 20.8 Å². The largest absolute Gasteiger partial charge is 0.295 e. The van der Waals surface area contributed by atoms with Crippen LogP contribution < -0.4 is 5.56 Å². The highest BCUT2D eigenvalue weighted by Gasteiger charge is 2.14. The van der Waals surface area contributed by atoms with Crippen molar-refractivity contribution in [1.82, 2.24) is 9.78 Å². The number of nitro benzene ring substituents is 1. The van der Waals surface area contributed by atoms with Crippen molar-refractivity contribution in [2.75, 3.05) is 0 Å². The molecule has 1 heterocycles. The minimum absolute atomic E-state index is 0.0360. The van der Waals surface area contributed by atoms with Gasteiger partial charge in [0.1, 0.15) is 5.02 Å². The molecule has 3 rings (SSSR count). The summed E-state index contributed by atoms with van der Waals surface area (Å²) < 4.78 is 1.45. The third-order valence-electron chi connectivity index (χ3n) is 4.33. The van der Waals surface area contributed by atoms with Crippen molar-refractivity contribution < 1.29 is 4.92 Å². The molecule has 0 saturated heterocycles. The number of H-pyrrole nitrogens is 1. The number of aromatic nitrogens is 2. The van der Waals surface area contributed by atoms with Crippen LogP contribution in [0.15, 0.2) is 46.2 Å². The molecule has 0 aliphatic rings. The summed E-state index contributed by atoms with van der Waals surface area (Å²) in [6, 6.07) is 9.97. The van der Waals surface area contributed by atoms with E-state index >= 15 is 0 Å². The number of rotatable bonds is 4. The molecule has 7 nitrogen and oxygen atoms in total. The van der Waals surface area contributed by atoms with Crippen molar-refractivity contribution in [3.05, 3.63) is 84.3 Å². The number of benzene rings is 2. The number of hydrogen-bond donors (Lipinski definition) is 1. The molecule has 3 aromatic rings. The number of aryl methyl sites for hydroxylation is 3. The van der Waals surface area contributed by atoms with Crippen LogP contribution >= 0.6 is 11.6 Å². The van der Waals surface area contributed by atoms with Crippen LogP contribution in [0.25, 0.3) is 5.69 Å². The molecule has 0 aliphatic carbocycles. The Morgan fingerprint density at radius 3 is 2.56 bits per heavy atom.